The summed E-state index contributed by atoms with van der Waals surface area (Å²) in [5.74, 6) is 9.42. The molecule has 0 aliphatic rings. The molecule has 0 saturated carbocycles. The molecular weight excluding hydrogens is 262 g/mol. The molecule has 21 heavy (non-hydrogen) atoms. The lowest BCUT2D eigenvalue weighted by Gasteiger charge is -2.29. The zero-order chi connectivity index (χ0) is 16.0. The van der Waals surface area contributed by atoms with E-state index >= 15 is 0 Å². The molecule has 0 saturated heterocycles. The van der Waals surface area contributed by atoms with Gasteiger partial charge in [-0.2, -0.15) is 0 Å². The highest BCUT2D eigenvalue weighted by Crippen LogP contribution is 2.25. The van der Waals surface area contributed by atoms with Crippen LogP contribution in [0.15, 0.2) is 0 Å². The number of nitrogens with zero attached hydrogens (tertiary/aromatic N) is 3. The largest absolute Gasteiger partial charge is 0.356 e. The SMILES string of the molecule is CCCc1nc(NN)c(C)c(N(CC(C)C)CC(C)C)n1. The Bertz CT molecular complexity index is 433. The fraction of sp³-hybridized carbons (Fsp3) is 0.750. The Labute approximate surface area is 129 Å². The molecule has 5 nitrogen and oxygen atoms in total. The second-order valence-electron chi connectivity index (χ2n) is 6.52. The van der Waals surface area contributed by atoms with Crippen molar-refractivity contribution in [2.24, 2.45) is 17.7 Å². The maximum Gasteiger partial charge on any atom is 0.148 e. The van der Waals surface area contributed by atoms with Crippen molar-refractivity contribution < 1.29 is 0 Å². The Hall–Kier alpha value is -1.36. The molecule has 0 fully saturated rings. The summed E-state index contributed by atoms with van der Waals surface area (Å²) < 4.78 is 0. The predicted octanol–water partition coefficient (Wildman–Crippen LogP) is 3.14. The lowest BCUT2D eigenvalue weighted by atomic mass is 10.1. The first kappa shape index (κ1) is 17.7. The van der Waals surface area contributed by atoms with Crippen LogP contribution in [0.4, 0.5) is 11.6 Å². The number of aromatic nitrogens is 2. The summed E-state index contributed by atoms with van der Waals surface area (Å²) in [6, 6.07) is 0. The van der Waals surface area contributed by atoms with E-state index in [0.717, 1.165) is 49.0 Å². The van der Waals surface area contributed by atoms with Crippen LogP contribution >= 0.6 is 0 Å². The van der Waals surface area contributed by atoms with Crippen LogP contribution < -0.4 is 16.2 Å². The highest BCUT2D eigenvalue weighted by atomic mass is 15.3. The van der Waals surface area contributed by atoms with Gasteiger partial charge in [-0.25, -0.2) is 15.8 Å². The number of nitrogens with two attached hydrogens (primary N) is 1. The van der Waals surface area contributed by atoms with Gasteiger partial charge >= 0.3 is 0 Å². The predicted molar refractivity (Wildman–Crippen MR) is 90.5 cm³/mol. The molecule has 0 aliphatic heterocycles. The van der Waals surface area contributed by atoms with E-state index in [9.17, 15) is 0 Å². The molecule has 0 aromatic carbocycles. The summed E-state index contributed by atoms with van der Waals surface area (Å²) in [7, 11) is 0. The summed E-state index contributed by atoms with van der Waals surface area (Å²) in [4.78, 5) is 11.7. The Morgan fingerprint density at radius 1 is 1.10 bits per heavy atom. The van der Waals surface area contributed by atoms with Crippen molar-refractivity contribution in [2.75, 3.05) is 23.4 Å². The topological polar surface area (TPSA) is 67.1 Å². The van der Waals surface area contributed by atoms with Crippen LogP contribution in [-0.4, -0.2) is 23.1 Å². The van der Waals surface area contributed by atoms with Crippen LogP contribution in [0, 0.1) is 18.8 Å². The Morgan fingerprint density at radius 3 is 2.10 bits per heavy atom. The van der Waals surface area contributed by atoms with Gasteiger partial charge in [-0.3, -0.25) is 0 Å². The summed E-state index contributed by atoms with van der Waals surface area (Å²) in [6.45, 7) is 15.1. The van der Waals surface area contributed by atoms with Crippen LogP contribution in [0.25, 0.3) is 0 Å². The smallest absolute Gasteiger partial charge is 0.148 e. The summed E-state index contributed by atoms with van der Waals surface area (Å²) in [5, 5.41) is 0. The van der Waals surface area contributed by atoms with Crippen molar-refractivity contribution >= 4 is 11.6 Å². The maximum atomic E-state index is 5.63. The standard InChI is InChI=1S/C16H31N5/c1-7-8-14-18-15(20-17)13(6)16(19-14)21(9-11(2)3)10-12(4)5/h11-12H,7-10,17H2,1-6H3,(H,18,19,20). The Kier molecular flexibility index (Phi) is 6.89. The van der Waals surface area contributed by atoms with Crippen LogP contribution in [0.5, 0.6) is 0 Å². The van der Waals surface area contributed by atoms with Gasteiger partial charge in [-0.15, -0.1) is 0 Å². The normalized spacial score (nSPS) is 11.3. The highest BCUT2D eigenvalue weighted by Gasteiger charge is 2.18. The molecule has 0 aliphatic carbocycles. The van der Waals surface area contributed by atoms with E-state index < -0.39 is 0 Å². The van der Waals surface area contributed by atoms with Gasteiger partial charge in [0.05, 0.1) is 0 Å². The minimum atomic E-state index is 0.585. The maximum absolute atomic E-state index is 5.63. The number of hydrazine groups is 1. The lowest BCUT2D eigenvalue weighted by Crippen LogP contribution is -2.33. The average molecular weight is 293 g/mol. The first-order valence-corrected chi connectivity index (χ1v) is 7.98. The summed E-state index contributed by atoms with van der Waals surface area (Å²) >= 11 is 0. The molecular formula is C16H31N5. The van der Waals surface area contributed by atoms with Crippen molar-refractivity contribution in [3.05, 3.63) is 11.4 Å². The fourth-order valence-electron chi connectivity index (χ4n) is 2.46. The van der Waals surface area contributed by atoms with Gasteiger partial charge in [0, 0.05) is 25.1 Å². The average Bonchev–Trinajstić information content (AvgIpc) is 2.39. The van der Waals surface area contributed by atoms with E-state index in [1.54, 1.807) is 0 Å². The molecule has 120 valence electrons. The highest BCUT2D eigenvalue weighted by molar-refractivity contribution is 5.58. The van der Waals surface area contributed by atoms with Gasteiger partial charge in [-0.05, 0) is 25.2 Å². The molecule has 5 heteroatoms. The Balaban J connectivity index is 3.23. The van der Waals surface area contributed by atoms with Gasteiger partial charge in [0.15, 0.2) is 0 Å². The third-order valence-electron chi connectivity index (χ3n) is 3.25. The van der Waals surface area contributed by atoms with E-state index in [-0.39, 0.29) is 0 Å². The Morgan fingerprint density at radius 2 is 1.67 bits per heavy atom. The van der Waals surface area contributed by atoms with Crippen LogP contribution in [-0.2, 0) is 6.42 Å². The number of nitrogen functional groups attached to an aromatic ring is 1. The monoisotopic (exact) mass is 293 g/mol. The van der Waals surface area contributed by atoms with Gasteiger partial charge in [-0.1, -0.05) is 34.6 Å². The van der Waals surface area contributed by atoms with E-state index in [4.69, 9.17) is 10.8 Å². The van der Waals surface area contributed by atoms with Crippen LogP contribution in [0.3, 0.4) is 0 Å². The third kappa shape index (κ3) is 5.16. The molecule has 3 N–H and O–H groups in total. The van der Waals surface area contributed by atoms with Crippen molar-refractivity contribution in [3.8, 4) is 0 Å². The van der Waals surface area contributed by atoms with Gasteiger partial charge < -0.3 is 10.3 Å². The van der Waals surface area contributed by atoms with Gasteiger partial charge in [0.1, 0.15) is 17.5 Å². The van der Waals surface area contributed by atoms with Crippen LogP contribution in [0.2, 0.25) is 0 Å². The minimum absolute atomic E-state index is 0.585. The van der Waals surface area contributed by atoms with E-state index in [1.807, 2.05) is 6.92 Å². The number of rotatable bonds is 8. The minimum Gasteiger partial charge on any atom is -0.356 e. The van der Waals surface area contributed by atoms with Crippen molar-refractivity contribution in [1.29, 1.82) is 0 Å². The second-order valence-corrected chi connectivity index (χ2v) is 6.52. The molecule has 0 spiro atoms. The van der Waals surface area contributed by atoms with E-state index in [0.29, 0.717) is 11.8 Å². The quantitative estimate of drug-likeness (QED) is 0.569. The van der Waals surface area contributed by atoms with Gasteiger partial charge in [0.25, 0.3) is 0 Å². The third-order valence-corrected chi connectivity index (χ3v) is 3.25. The number of aryl methyl sites for hydroxylation is 1. The lowest BCUT2D eigenvalue weighted by molar-refractivity contribution is 0.546. The fourth-order valence-corrected chi connectivity index (χ4v) is 2.46. The molecule has 0 radical (unpaired) electrons. The zero-order valence-corrected chi connectivity index (χ0v) is 14.4. The van der Waals surface area contributed by atoms with Crippen molar-refractivity contribution in [1.82, 2.24) is 9.97 Å². The number of hydrogen-bond acceptors (Lipinski definition) is 5. The summed E-state index contributed by atoms with van der Waals surface area (Å²) in [5.41, 5.74) is 3.74. The number of anilines is 2. The molecule has 1 rings (SSSR count). The molecule has 1 aromatic rings. The molecule has 1 aromatic heterocycles. The number of nitrogens with one attached hydrogen (secondary N) is 1. The molecule has 0 bridgehead atoms. The first-order chi connectivity index (χ1) is 9.88. The molecule has 1 heterocycles. The van der Waals surface area contributed by atoms with Crippen molar-refractivity contribution in [2.45, 2.75) is 54.4 Å². The number of hydrogen-bond donors (Lipinski definition) is 2. The molecule has 0 amide bonds. The zero-order valence-electron chi connectivity index (χ0n) is 14.4. The summed E-state index contributed by atoms with van der Waals surface area (Å²) in [6.07, 6.45) is 1.90. The van der Waals surface area contributed by atoms with E-state index in [1.165, 1.54) is 0 Å². The van der Waals surface area contributed by atoms with Gasteiger partial charge in [0.2, 0.25) is 0 Å². The van der Waals surface area contributed by atoms with E-state index in [2.05, 4.69) is 49.9 Å². The molecule has 0 atom stereocenters. The van der Waals surface area contributed by atoms with Crippen molar-refractivity contribution in [3.63, 3.8) is 0 Å². The van der Waals surface area contributed by atoms with Crippen LogP contribution in [0.1, 0.15) is 52.4 Å². The second kappa shape index (κ2) is 8.17. The first-order valence-electron chi connectivity index (χ1n) is 7.98. The molecule has 0 unspecified atom stereocenters.